The molecule has 0 radical (unpaired) electrons. The van der Waals surface area contributed by atoms with Crippen molar-refractivity contribution in [3.63, 3.8) is 0 Å². The second-order valence-electron chi connectivity index (χ2n) is 5.57. The smallest absolute Gasteiger partial charge is 0.184 e. The van der Waals surface area contributed by atoms with E-state index in [4.69, 9.17) is 9.47 Å². The number of hydrogen-bond donors (Lipinski definition) is 1. The van der Waals surface area contributed by atoms with Gasteiger partial charge in [-0.3, -0.25) is 0 Å². The van der Waals surface area contributed by atoms with Crippen LogP contribution in [-0.4, -0.2) is 38.4 Å². The molecule has 2 aliphatic heterocycles. The van der Waals surface area contributed by atoms with Gasteiger partial charge in [0.05, 0.1) is 5.69 Å². The third kappa shape index (κ3) is 2.57. The van der Waals surface area contributed by atoms with E-state index in [1.54, 1.807) is 0 Å². The highest BCUT2D eigenvalue weighted by Gasteiger charge is 2.26. The van der Waals surface area contributed by atoms with Crippen molar-refractivity contribution in [2.24, 2.45) is 0 Å². The summed E-state index contributed by atoms with van der Waals surface area (Å²) in [6.45, 7) is 8.10. The van der Waals surface area contributed by atoms with Gasteiger partial charge in [-0.15, -0.1) is 0 Å². The first kappa shape index (κ1) is 13.6. The van der Waals surface area contributed by atoms with Crippen molar-refractivity contribution in [1.29, 1.82) is 0 Å². The van der Waals surface area contributed by atoms with E-state index in [-0.39, 0.29) is 6.10 Å². The maximum Gasteiger partial charge on any atom is 0.184 e. The minimum atomic E-state index is 0.184. The molecule has 2 aliphatic rings. The number of nitrogens with zero attached hydrogens (tertiary/aromatic N) is 1. The number of piperazine rings is 1. The third-order valence-corrected chi connectivity index (χ3v) is 4.21. The molecule has 2 atom stereocenters. The lowest BCUT2D eigenvalue weighted by molar-refractivity contribution is 0.0888. The molecule has 0 aliphatic carbocycles. The first-order valence-corrected chi connectivity index (χ1v) is 7.72. The van der Waals surface area contributed by atoms with Crippen molar-refractivity contribution in [1.82, 2.24) is 5.32 Å². The Labute approximate surface area is 121 Å². The Morgan fingerprint density at radius 2 is 2.20 bits per heavy atom. The van der Waals surface area contributed by atoms with Crippen LogP contribution in [0.15, 0.2) is 18.2 Å². The lowest BCUT2D eigenvalue weighted by atomic mass is 10.1. The number of nitrogens with one attached hydrogen (secondary N) is 1. The van der Waals surface area contributed by atoms with Crippen LogP contribution in [0.1, 0.15) is 26.7 Å². The van der Waals surface area contributed by atoms with Gasteiger partial charge >= 0.3 is 0 Å². The van der Waals surface area contributed by atoms with E-state index >= 15 is 0 Å². The predicted molar refractivity (Wildman–Crippen MR) is 80.9 cm³/mol. The van der Waals surface area contributed by atoms with Crippen LogP contribution in [0.25, 0.3) is 0 Å². The van der Waals surface area contributed by atoms with Crippen molar-refractivity contribution in [2.45, 2.75) is 38.8 Å². The number of anilines is 1. The predicted octanol–water partition coefficient (Wildman–Crippen LogP) is 2.42. The Bertz CT molecular complexity index is 464. The molecule has 1 aromatic rings. The van der Waals surface area contributed by atoms with Gasteiger partial charge < -0.3 is 19.7 Å². The highest BCUT2D eigenvalue weighted by atomic mass is 16.6. The molecule has 0 saturated carbocycles. The fourth-order valence-corrected chi connectivity index (χ4v) is 2.90. The minimum absolute atomic E-state index is 0.184. The van der Waals surface area contributed by atoms with E-state index in [1.807, 2.05) is 6.07 Å². The van der Waals surface area contributed by atoms with Crippen LogP contribution >= 0.6 is 0 Å². The summed E-state index contributed by atoms with van der Waals surface area (Å²) in [7, 11) is 0. The van der Waals surface area contributed by atoms with E-state index in [2.05, 4.69) is 36.2 Å². The molecular formula is C16H24N2O2. The van der Waals surface area contributed by atoms with Crippen molar-refractivity contribution in [2.75, 3.05) is 31.1 Å². The Morgan fingerprint density at radius 3 is 3.00 bits per heavy atom. The van der Waals surface area contributed by atoms with Gasteiger partial charge in [-0.2, -0.15) is 0 Å². The van der Waals surface area contributed by atoms with Crippen LogP contribution in [0.3, 0.4) is 0 Å². The number of para-hydroxylation sites is 1. The first-order chi connectivity index (χ1) is 9.81. The number of rotatable bonds is 3. The van der Waals surface area contributed by atoms with Gasteiger partial charge in [0.25, 0.3) is 0 Å². The van der Waals surface area contributed by atoms with Crippen LogP contribution in [0, 0.1) is 0 Å². The molecule has 110 valence electrons. The zero-order chi connectivity index (χ0) is 13.9. The summed E-state index contributed by atoms with van der Waals surface area (Å²) in [6, 6.07) is 6.79. The van der Waals surface area contributed by atoms with E-state index in [1.165, 1.54) is 5.69 Å². The number of benzene rings is 1. The largest absolute Gasteiger partial charge is 0.484 e. The van der Waals surface area contributed by atoms with Gasteiger partial charge in [-0.05, 0) is 25.0 Å². The van der Waals surface area contributed by atoms with Crippen molar-refractivity contribution < 1.29 is 9.47 Å². The van der Waals surface area contributed by atoms with Gasteiger partial charge in [-0.25, -0.2) is 0 Å². The standard InChI is InChI=1S/C16H24N2O2/c1-3-12-10-18(9-8-17-12)14-6-5-7-15-16(14)19-11-13(4-2)20-15/h5-7,12-13,17H,3-4,8-11H2,1-2H3. The maximum absolute atomic E-state index is 6.00. The molecule has 1 fully saturated rings. The minimum Gasteiger partial charge on any atom is -0.484 e. The number of hydrogen-bond acceptors (Lipinski definition) is 4. The summed E-state index contributed by atoms with van der Waals surface area (Å²) < 4.78 is 12.0. The van der Waals surface area contributed by atoms with Gasteiger partial charge in [0.2, 0.25) is 0 Å². The molecular weight excluding hydrogens is 252 g/mol. The van der Waals surface area contributed by atoms with E-state index in [0.717, 1.165) is 44.0 Å². The molecule has 4 nitrogen and oxygen atoms in total. The van der Waals surface area contributed by atoms with Gasteiger partial charge in [0, 0.05) is 25.7 Å². The lowest BCUT2D eigenvalue weighted by Crippen LogP contribution is -2.50. The van der Waals surface area contributed by atoms with Gasteiger partial charge in [0.15, 0.2) is 11.5 Å². The summed E-state index contributed by atoms with van der Waals surface area (Å²) in [5.74, 6) is 1.82. The summed E-state index contributed by atoms with van der Waals surface area (Å²) in [4.78, 5) is 2.42. The zero-order valence-corrected chi connectivity index (χ0v) is 12.4. The number of ether oxygens (including phenoxy) is 2. The molecule has 20 heavy (non-hydrogen) atoms. The lowest BCUT2D eigenvalue weighted by Gasteiger charge is -2.37. The zero-order valence-electron chi connectivity index (χ0n) is 12.4. The summed E-state index contributed by atoms with van der Waals surface area (Å²) >= 11 is 0. The monoisotopic (exact) mass is 276 g/mol. The summed E-state index contributed by atoms with van der Waals surface area (Å²) in [5, 5.41) is 3.55. The molecule has 0 aromatic heterocycles. The highest BCUT2D eigenvalue weighted by molar-refractivity contribution is 5.65. The molecule has 1 N–H and O–H groups in total. The van der Waals surface area contributed by atoms with Gasteiger partial charge in [0.1, 0.15) is 12.7 Å². The SMILES string of the molecule is CCC1CN(c2cccc3c2OCC(CC)O3)CCN1. The molecule has 1 aromatic carbocycles. The quantitative estimate of drug-likeness (QED) is 0.919. The fourth-order valence-electron chi connectivity index (χ4n) is 2.90. The maximum atomic E-state index is 6.00. The average Bonchev–Trinajstić information content (AvgIpc) is 2.53. The summed E-state index contributed by atoms with van der Waals surface area (Å²) in [6.07, 6.45) is 2.32. The molecule has 4 heteroatoms. The second-order valence-corrected chi connectivity index (χ2v) is 5.57. The Balaban J connectivity index is 1.84. The van der Waals surface area contributed by atoms with Crippen LogP contribution < -0.4 is 19.7 Å². The van der Waals surface area contributed by atoms with Crippen LogP contribution in [-0.2, 0) is 0 Å². The van der Waals surface area contributed by atoms with E-state index < -0.39 is 0 Å². The topological polar surface area (TPSA) is 33.7 Å². The third-order valence-electron chi connectivity index (χ3n) is 4.21. The molecule has 2 heterocycles. The van der Waals surface area contributed by atoms with Gasteiger partial charge in [-0.1, -0.05) is 19.9 Å². The van der Waals surface area contributed by atoms with Crippen molar-refractivity contribution >= 4 is 5.69 Å². The van der Waals surface area contributed by atoms with Crippen LogP contribution in [0.2, 0.25) is 0 Å². The van der Waals surface area contributed by atoms with E-state index in [0.29, 0.717) is 12.6 Å². The molecule has 1 saturated heterocycles. The van der Waals surface area contributed by atoms with Crippen LogP contribution in [0.5, 0.6) is 11.5 Å². The molecule has 2 unspecified atom stereocenters. The van der Waals surface area contributed by atoms with Crippen molar-refractivity contribution in [3.8, 4) is 11.5 Å². The average molecular weight is 276 g/mol. The second kappa shape index (κ2) is 5.92. The Kier molecular flexibility index (Phi) is 4.01. The molecule has 0 bridgehead atoms. The molecule has 0 spiro atoms. The first-order valence-electron chi connectivity index (χ1n) is 7.72. The van der Waals surface area contributed by atoms with Crippen LogP contribution in [0.4, 0.5) is 5.69 Å². The number of fused-ring (bicyclic) bond motifs is 1. The molecule has 0 amide bonds. The highest BCUT2D eigenvalue weighted by Crippen LogP contribution is 2.41. The Hall–Kier alpha value is -1.42. The fraction of sp³-hybridized carbons (Fsp3) is 0.625. The Morgan fingerprint density at radius 1 is 1.30 bits per heavy atom. The van der Waals surface area contributed by atoms with E-state index in [9.17, 15) is 0 Å². The van der Waals surface area contributed by atoms with Crippen molar-refractivity contribution in [3.05, 3.63) is 18.2 Å². The summed E-state index contributed by atoms with van der Waals surface area (Å²) in [5.41, 5.74) is 1.18. The normalized spacial score (nSPS) is 25.6. The molecule has 3 rings (SSSR count).